The first-order chi connectivity index (χ1) is 7.25. The number of nitrogens with one attached hydrogen (secondary N) is 1. The van der Waals surface area contributed by atoms with Gasteiger partial charge in [-0.25, -0.2) is 0 Å². The Labute approximate surface area is 94.4 Å². The minimum atomic E-state index is -0.00648. The number of thioether (sulfide) groups is 1. The smallest absolute Gasteiger partial charge is 0.233 e. The lowest BCUT2D eigenvalue weighted by Gasteiger charge is -2.10. The highest BCUT2D eigenvalue weighted by molar-refractivity contribution is 8.00. The van der Waals surface area contributed by atoms with Gasteiger partial charge < -0.3 is 5.32 Å². The lowest BCUT2D eigenvalue weighted by Crippen LogP contribution is -2.32. The van der Waals surface area contributed by atoms with Gasteiger partial charge in [-0.3, -0.25) is 4.79 Å². The minimum absolute atomic E-state index is 0.00648. The number of carbonyl (C=O) groups excluding carboxylic acids is 1. The second-order valence-corrected chi connectivity index (χ2v) is 5.27. The summed E-state index contributed by atoms with van der Waals surface area (Å²) in [6, 6.07) is 10.5. The van der Waals surface area contributed by atoms with Crippen LogP contribution in [0.4, 0.5) is 0 Å². The van der Waals surface area contributed by atoms with E-state index in [4.69, 9.17) is 0 Å². The van der Waals surface area contributed by atoms with Gasteiger partial charge in [-0.2, -0.15) is 0 Å². The van der Waals surface area contributed by atoms with E-state index in [0.29, 0.717) is 6.04 Å². The van der Waals surface area contributed by atoms with Gasteiger partial charge >= 0.3 is 0 Å². The van der Waals surface area contributed by atoms with Crippen LogP contribution in [0.15, 0.2) is 35.2 Å². The van der Waals surface area contributed by atoms with Crippen LogP contribution >= 0.6 is 11.8 Å². The molecule has 1 amide bonds. The fourth-order valence-corrected chi connectivity index (χ4v) is 2.20. The summed E-state index contributed by atoms with van der Waals surface area (Å²) in [6.45, 7) is 1.95. The molecule has 1 aliphatic carbocycles. The van der Waals surface area contributed by atoms with Crippen molar-refractivity contribution >= 4 is 17.7 Å². The Morgan fingerprint density at radius 2 is 2.07 bits per heavy atom. The van der Waals surface area contributed by atoms with Crippen molar-refractivity contribution in [3.8, 4) is 0 Å². The SMILES string of the molecule is CC(Sc1ccccc1)C(=O)NC1CC1. The number of carbonyl (C=O) groups is 1. The summed E-state index contributed by atoms with van der Waals surface area (Å²) in [4.78, 5) is 12.8. The summed E-state index contributed by atoms with van der Waals surface area (Å²) in [5.74, 6) is 0.159. The van der Waals surface area contributed by atoms with Gasteiger partial charge in [0.1, 0.15) is 0 Å². The highest BCUT2D eigenvalue weighted by atomic mass is 32.2. The molecule has 0 bridgehead atoms. The molecule has 1 unspecified atom stereocenters. The van der Waals surface area contributed by atoms with Gasteiger partial charge in [0, 0.05) is 10.9 Å². The Balaban J connectivity index is 1.85. The fourth-order valence-electron chi connectivity index (χ4n) is 1.30. The van der Waals surface area contributed by atoms with E-state index in [1.807, 2.05) is 37.3 Å². The van der Waals surface area contributed by atoms with Crippen molar-refractivity contribution in [2.45, 2.75) is 36.0 Å². The normalized spacial score (nSPS) is 17.1. The van der Waals surface area contributed by atoms with Crippen molar-refractivity contribution in [1.29, 1.82) is 0 Å². The van der Waals surface area contributed by atoms with E-state index in [9.17, 15) is 4.79 Å². The van der Waals surface area contributed by atoms with Crippen molar-refractivity contribution in [3.63, 3.8) is 0 Å². The van der Waals surface area contributed by atoms with Crippen LogP contribution in [0.2, 0.25) is 0 Å². The van der Waals surface area contributed by atoms with E-state index in [-0.39, 0.29) is 11.2 Å². The Kier molecular flexibility index (Phi) is 3.31. The zero-order valence-electron chi connectivity index (χ0n) is 8.77. The van der Waals surface area contributed by atoms with Crippen LogP contribution in [0, 0.1) is 0 Å². The number of benzene rings is 1. The number of rotatable bonds is 4. The molecule has 1 aromatic rings. The second-order valence-electron chi connectivity index (χ2n) is 3.86. The van der Waals surface area contributed by atoms with Crippen LogP contribution in [0.3, 0.4) is 0 Å². The largest absolute Gasteiger partial charge is 0.352 e. The molecular formula is C12H15NOS. The number of hydrogen-bond acceptors (Lipinski definition) is 2. The maximum absolute atomic E-state index is 11.7. The average Bonchev–Trinajstić information content (AvgIpc) is 3.03. The van der Waals surface area contributed by atoms with Crippen LogP contribution in [-0.4, -0.2) is 17.2 Å². The van der Waals surface area contributed by atoms with Crippen LogP contribution in [0.1, 0.15) is 19.8 Å². The molecule has 0 heterocycles. The quantitative estimate of drug-likeness (QED) is 0.791. The minimum Gasteiger partial charge on any atom is -0.352 e. The van der Waals surface area contributed by atoms with Gasteiger partial charge in [0.15, 0.2) is 0 Å². The molecule has 2 nitrogen and oxygen atoms in total. The molecule has 0 spiro atoms. The first kappa shape index (κ1) is 10.6. The molecule has 1 fully saturated rings. The third-order valence-electron chi connectivity index (χ3n) is 2.35. The van der Waals surface area contributed by atoms with Crippen LogP contribution in [0.25, 0.3) is 0 Å². The summed E-state index contributed by atoms with van der Waals surface area (Å²) in [5.41, 5.74) is 0. The van der Waals surface area contributed by atoms with Crippen molar-refractivity contribution in [2.75, 3.05) is 0 Å². The monoisotopic (exact) mass is 221 g/mol. The predicted molar refractivity (Wildman–Crippen MR) is 62.9 cm³/mol. The lowest BCUT2D eigenvalue weighted by molar-refractivity contribution is -0.120. The van der Waals surface area contributed by atoms with E-state index in [2.05, 4.69) is 5.32 Å². The van der Waals surface area contributed by atoms with Gasteiger partial charge in [-0.05, 0) is 31.9 Å². The zero-order chi connectivity index (χ0) is 10.7. The molecule has 0 saturated heterocycles. The van der Waals surface area contributed by atoms with E-state index in [1.54, 1.807) is 11.8 Å². The van der Waals surface area contributed by atoms with Gasteiger partial charge in [0.2, 0.25) is 5.91 Å². The second kappa shape index (κ2) is 4.71. The molecule has 1 aliphatic rings. The molecule has 3 heteroatoms. The number of hydrogen-bond donors (Lipinski definition) is 1. The van der Waals surface area contributed by atoms with Crippen molar-refractivity contribution in [3.05, 3.63) is 30.3 Å². The summed E-state index contributed by atoms with van der Waals surface area (Å²) >= 11 is 1.61. The molecule has 0 radical (unpaired) electrons. The molecule has 0 aromatic heterocycles. The topological polar surface area (TPSA) is 29.1 Å². The Bertz CT molecular complexity index is 335. The first-order valence-corrected chi connectivity index (χ1v) is 6.16. The van der Waals surface area contributed by atoms with E-state index >= 15 is 0 Å². The molecular weight excluding hydrogens is 206 g/mol. The van der Waals surface area contributed by atoms with Crippen LogP contribution < -0.4 is 5.32 Å². The van der Waals surface area contributed by atoms with Crippen molar-refractivity contribution < 1.29 is 4.79 Å². The van der Waals surface area contributed by atoms with E-state index in [1.165, 1.54) is 0 Å². The average molecular weight is 221 g/mol. The summed E-state index contributed by atoms with van der Waals surface area (Å²) in [5, 5.41) is 3.01. The summed E-state index contributed by atoms with van der Waals surface area (Å²) in [7, 11) is 0. The van der Waals surface area contributed by atoms with Gasteiger partial charge in [0.25, 0.3) is 0 Å². The van der Waals surface area contributed by atoms with Gasteiger partial charge in [-0.15, -0.1) is 11.8 Å². The Morgan fingerprint density at radius 3 is 2.67 bits per heavy atom. The van der Waals surface area contributed by atoms with E-state index < -0.39 is 0 Å². The molecule has 1 N–H and O–H groups in total. The molecule has 0 aliphatic heterocycles. The van der Waals surface area contributed by atoms with Gasteiger partial charge in [-0.1, -0.05) is 18.2 Å². The van der Waals surface area contributed by atoms with E-state index in [0.717, 1.165) is 17.7 Å². The molecule has 1 atom stereocenters. The lowest BCUT2D eigenvalue weighted by atomic mass is 10.4. The fraction of sp³-hybridized carbons (Fsp3) is 0.417. The van der Waals surface area contributed by atoms with Gasteiger partial charge in [0.05, 0.1) is 5.25 Å². The molecule has 1 saturated carbocycles. The van der Waals surface area contributed by atoms with Crippen molar-refractivity contribution in [2.24, 2.45) is 0 Å². The Hall–Kier alpha value is -0.960. The van der Waals surface area contributed by atoms with Crippen LogP contribution in [-0.2, 0) is 4.79 Å². The maximum Gasteiger partial charge on any atom is 0.233 e. The predicted octanol–water partition coefficient (Wildman–Crippen LogP) is 2.45. The number of amides is 1. The third-order valence-corrected chi connectivity index (χ3v) is 3.46. The van der Waals surface area contributed by atoms with Crippen molar-refractivity contribution in [1.82, 2.24) is 5.32 Å². The van der Waals surface area contributed by atoms with Crippen LogP contribution in [0.5, 0.6) is 0 Å². The third kappa shape index (κ3) is 3.27. The highest BCUT2D eigenvalue weighted by Crippen LogP contribution is 2.24. The maximum atomic E-state index is 11.7. The Morgan fingerprint density at radius 1 is 1.40 bits per heavy atom. The summed E-state index contributed by atoms with van der Waals surface area (Å²) < 4.78 is 0. The first-order valence-electron chi connectivity index (χ1n) is 5.28. The summed E-state index contributed by atoms with van der Waals surface area (Å²) in [6.07, 6.45) is 2.29. The molecule has 15 heavy (non-hydrogen) atoms. The zero-order valence-corrected chi connectivity index (χ0v) is 9.59. The molecule has 1 aromatic carbocycles. The molecule has 80 valence electrons. The molecule has 2 rings (SSSR count). The highest BCUT2D eigenvalue weighted by Gasteiger charge is 2.25. The standard InChI is InChI=1S/C12H15NOS/c1-9(12(14)13-10-7-8-10)15-11-5-3-2-4-6-11/h2-6,9-10H,7-8H2,1H3,(H,13,14).